The number of fused-ring (bicyclic) bond motifs is 1. The summed E-state index contributed by atoms with van der Waals surface area (Å²) in [7, 11) is 3.25. The van der Waals surface area contributed by atoms with Gasteiger partial charge in [-0.15, -0.1) is 0 Å². The van der Waals surface area contributed by atoms with E-state index in [1.165, 1.54) is 6.42 Å². The Morgan fingerprint density at radius 2 is 1.68 bits per heavy atom. The Kier molecular flexibility index (Phi) is 3.84. The summed E-state index contributed by atoms with van der Waals surface area (Å²) < 4.78 is 23.0. The number of aliphatic hydroxyl groups is 1. The van der Waals surface area contributed by atoms with Gasteiger partial charge in [-0.25, -0.2) is 0 Å². The van der Waals surface area contributed by atoms with Gasteiger partial charge in [-0.2, -0.15) is 0 Å². The lowest BCUT2D eigenvalue weighted by Gasteiger charge is -2.34. The molecule has 0 bridgehead atoms. The van der Waals surface area contributed by atoms with E-state index in [0.29, 0.717) is 6.42 Å². The zero-order chi connectivity index (χ0) is 13.5. The maximum absolute atomic E-state index is 10.2. The summed E-state index contributed by atoms with van der Waals surface area (Å²) >= 11 is 0. The number of rotatable bonds is 3. The van der Waals surface area contributed by atoms with Gasteiger partial charge < -0.3 is 24.1 Å². The Bertz CT molecular complexity index is 311. The van der Waals surface area contributed by atoms with E-state index in [9.17, 15) is 5.11 Å². The lowest BCUT2D eigenvalue weighted by Crippen LogP contribution is -2.38. The molecular formula is C14H24O5. The number of methoxy groups -OCH3 is 2. The van der Waals surface area contributed by atoms with Crippen molar-refractivity contribution in [2.24, 2.45) is 5.92 Å². The molecule has 0 aromatic rings. The molecule has 1 N–H and O–H groups in total. The SMILES string of the molecule is COC(OC)[C@@H]1C[C@H](O)[C@@H]2OC3(CCCCC3)O[C@@H]21. The molecule has 0 aromatic heterocycles. The summed E-state index contributed by atoms with van der Waals surface area (Å²) in [6.07, 6.45) is 4.83. The van der Waals surface area contributed by atoms with E-state index in [0.717, 1.165) is 25.7 Å². The number of hydrogen-bond acceptors (Lipinski definition) is 5. The van der Waals surface area contributed by atoms with E-state index in [2.05, 4.69) is 0 Å². The van der Waals surface area contributed by atoms with Crippen LogP contribution in [0.5, 0.6) is 0 Å². The van der Waals surface area contributed by atoms with Crippen LogP contribution in [0, 0.1) is 5.92 Å². The van der Waals surface area contributed by atoms with Gasteiger partial charge >= 0.3 is 0 Å². The summed E-state index contributed by atoms with van der Waals surface area (Å²) in [4.78, 5) is 0. The first-order valence-corrected chi connectivity index (χ1v) is 7.28. The summed E-state index contributed by atoms with van der Waals surface area (Å²) in [5.41, 5.74) is 0. The lowest BCUT2D eigenvalue weighted by atomic mass is 9.94. The molecule has 19 heavy (non-hydrogen) atoms. The average Bonchev–Trinajstić information content (AvgIpc) is 2.91. The number of aliphatic hydroxyl groups excluding tert-OH is 1. The monoisotopic (exact) mass is 272 g/mol. The van der Waals surface area contributed by atoms with Crippen LogP contribution < -0.4 is 0 Å². The molecule has 1 heterocycles. The molecule has 3 aliphatic rings. The highest BCUT2D eigenvalue weighted by Crippen LogP contribution is 2.48. The molecule has 0 aromatic carbocycles. The highest BCUT2D eigenvalue weighted by Gasteiger charge is 2.58. The Morgan fingerprint density at radius 3 is 2.32 bits per heavy atom. The van der Waals surface area contributed by atoms with Gasteiger partial charge in [-0.05, 0) is 19.3 Å². The van der Waals surface area contributed by atoms with Gasteiger partial charge in [0.1, 0.15) is 6.10 Å². The Labute approximate surface area is 114 Å². The third-order valence-electron chi connectivity index (χ3n) is 4.77. The number of hydrogen-bond donors (Lipinski definition) is 1. The van der Waals surface area contributed by atoms with Gasteiger partial charge in [0, 0.05) is 33.0 Å². The molecule has 5 heteroatoms. The summed E-state index contributed by atoms with van der Waals surface area (Å²) in [6.45, 7) is 0. The molecular weight excluding hydrogens is 248 g/mol. The molecule has 1 aliphatic heterocycles. The van der Waals surface area contributed by atoms with E-state index >= 15 is 0 Å². The molecule has 0 amide bonds. The maximum Gasteiger partial charge on any atom is 0.169 e. The van der Waals surface area contributed by atoms with E-state index in [4.69, 9.17) is 18.9 Å². The molecule has 2 aliphatic carbocycles. The van der Waals surface area contributed by atoms with Crippen LogP contribution in [0.25, 0.3) is 0 Å². The highest BCUT2D eigenvalue weighted by molar-refractivity contribution is 5.01. The van der Waals surface area contributed by atoms with Gasteiger partial charge in [0.05, 0.1) is 12.2 Å². The molecule has 0 unspecified atom stereocenters. The summed E-state index contributed by atoms with van der Waals surface area (Å²) in [5, 5.41) is 10.2. The fraction of sp³-hybridized carbons (Fsp3) is 1.00. The van der Waals surface area contributed by atoms with Crippen LogP contribution in [0.15, 0.2) is 0 Å². The average molecular weight is 272 g/mol. The van der Waals surface area contributed by atoms with Crippen molar-refractivity contribution in [3.8, 4) is 0 Å². The predicted octanol–water partition coefficient (Wildman–Crippen LogP) is 1.43. The van der Waals surface area contributed by atoms with Crippen LogP contribution >= 0.6 is 0 Å². The van der Waals surface area contributed by atoms with Gasteiger partial charge in [0.25, 0.3) is 0 Å². The number of ether oxygens (including phenoxy) is 4. The van der Waals surface area contributed by atoms with Crippen LogP contribution in [-0.2, 0) is 18.9 Å². The van der Waals surface area contributed by atoms with Crippen molar-refractivity contribution in [1.82, 2.24) is 0 Å². The van der Waals surface area contributed by atoms with E-state index in [-0.39, 0.29) is 24.4 Å². The van der Waals surface area contributed by atoms with Crippen LogP contribution in [0.3, 0.4) is 0 Å². The molecule has 0 radical (unpaired) electrons. The molecule has 3 rings (SSSR count). The van der Waals surface area contributed by atoms with Crippen molar-refractivity contribution < 1.29 is 24.1 Å². The quantitative estimate of drug-likeness (QED) is 0.788. The molecule has 3 fully saturated rings. The van der Waals surface area contributed by atoms with Gasteiger partial charge in [-0.1, -0.05) is 6.42 Å². The highest BCUT2D eigenvalue weighted by atomic mass is 16.8. The largest absolute Gasteiger partial charge is 0.390 e. The smallest absolute Gasteiger partial charge is 0.169 e. The minimum atomic E-state index is -0.482. The van der Waals surface area contributed by atoms with Crippen LogP contribution in [0.1, 0.15) is 38.5 Å². The van der Waals surface area contributed by atoms with E-state index < -0.39 is 11.9 Å². The molecule has 1 saturated heterocycles. The molecule has 5 nitrogen and oxygen atoms in total. The van der Waals surface area contributed by atoms with Crippen molar-refractivity contribution in [2.75, 3.05) is 14.2 Å². The topological polar surface area (TPSA) is 57.2 Å². The second-order valence-electron chi connectivity index (χ2n) is 5.94. The second kappa shape index (κ2) is 5.30. The van der Waals surface area contributed by atoms with E-state index in [1.54, 1.807) is 14.2 Å². The van der Waals surface area contributed by atoms with Crippen molar-refractivity contribution in [1.29, 1.82) is 0 Å². The Hall–Kier alpha value is -0.200. The molecule has 1 spiro atoms. The Balaban J connectivity index is 1.75. The lowest BCUT2D eigenvalue weighted by molar-refractivity contribution is -0.224. The standard InChI is InChI=1S/C14H24O5/c1-16-13(17-2)9-8-10(15)12-11(9)18-14(19-12)6-4-3-5-7-14/h9-13,15H,3-8H2,1-2H3/t9-,10+,11-,12+/m1/s1. The third kappa shape index (κ3) is 2.32. The first-order chi connectivity index (χ1) is 9.19. The van der Waals surface area contributed by atoms with Crippen molar-refractivity contribution in [2.45, 2.75) is 68.9 Å². The van der Waals surface area contributed by atoms with Crippen LogP contribution in [-0.4, -0.2) is 49.7 Å². The van der Waals surface area contributed by atoms with Gasteiger partial charge in [0.15, 0.2) is 12.1 Å². The molecule has 4 atom stereocenters. The Morgan fingerprint density at radius 1 is 1.05 bits per heavy atom. The van der Waals surface area contributed by atoms with Crippen molar-refractivity contribution >= 4 is 0 Å². The first-order valence-electron chi connectivity index (χ1n) is 7.28. The zero-order valence-corrected chi connectivity index (χ0v) is 11.7. The third-order valence-corrected chi connectivity index (χ3v) is 4.77. The normalized spacial score (nSPS) is 41.1. The minimum absolute atomic E-state index is 0.0382. The van der Waals surface area contributed by atoms with Gasteiger partial charge in [-0.3, -0.25) is 0 Å². The first kappa shape index (κ1) is 13.8. The second-order valence-corrected chi connectivity index (χ2v) is 5.94. The van der Waals surface area contributed by atoms with Crippen LogP contribution in [0.2, 0.25) is 0 Å². The van der Waals surface area contributed by atoms with Crippen LogP contribution in [0.4, 0.5) is 0 Å². The fourth-order valence-electron chi connectivity index (χ4n) is 3.87. The maximum atomic E-state index is 10.2. The molecule has 110 valence electrons. The zero-order valence-electron chi connectivity index (χ0n) is 11.7. The molecule has 2 saturated carbocycles. The summed E-state index contributed by atoms with van der Waals surface area (Å²) in [5.74, 6) is -0.421. The van der Waals surface area contributed by atoms with E-state index in [1.807, 2.05) is 0 Å². The van der Waals surface area contributed by atoms with Crippen molar-refractivity contribution in [3.05, 3.63) is 0 Å². The minimum Gasteiger partial charge on any atom is -0.390 e. The van der Waals surface area contributed by atoms with Crippen molar-refractivity contribution in [3.63, 3.8) is 0 Å². The fourth-order valence-corrected chi connectivity index (χ4v) is 3.87. The van der Waals surface area contributed by atoms with Gasteiger partial charge in [0.2, 0.25) is 0 Å². The predicted molar refractivity (Wildman–Crippen MR) is 67.5 cm³/mol. The summed E-state index contributed by atoms with van der Waals surface area (Å²) in [6, 6.07) is 0.